The van der Waals surface area contributed by atoms with Gasteiger partial charge in [-0.15, -0.1) is 6.42 Å². The molecular formula is C31H31N5O5. The summed E-state index contributed by atoms with van der Waals surface area (Å²) in [5, 5.41) is 14.1. The maximum atomic E-state index is 13.1. The van der Waals surface area contributed by atoms with Crippen molar-refractivity contribution in [2.45, 2.75) is 19.8 Å². The molecule has 0 unspecified atom stereocenters. The lowest BCUT2D eigenvalue weighted by Gasteiger charge is -2.32. The lowest BCUT2D eigenvalue weighted by Crippen LogP contribution is -2.40. The number of nitrogens with zero attached hydrogens (tertiary/aromatic N) is 2. The van der Waals surface area contributed by atoms with E-state index in [9.17, 15) is 14.4 Å². The Morgan fingerprint density at radius 1 is 1.02 bits per heavy atom. The van der Waals surface area contributed by atoms with Crippen LogP contribution < -0.4 is 15.4 Å². The number of hydrogen-bond acceptors (Lipinski definition) is 7. The minimum Gasteiger partial charge on any atom is -0.497 e. The molecule has 4 rings (SSSR count). The number of hydrogen-bond donors (Lipinski definition) is 3. The van der Waals surface area contributed by atoms with Crippen LogP contribution in [0, 0.1) is 23.7 Å². The molecule has 10 heteroatoms. The van der Waals surface area contributed by atoms with E-state index in [1.54, 1.807) is 55.5 Å². The van der Waals surface area contributed by atoms with E-state index >= 15 is 0 Å². The second-order valence-corrected chi connectivity index (χ2v) is 9.34. The molecule has 10 nitrogen and oxygen atoms in total. The topological polar surface area (TPSA) is 134 Å². The number of rotatable bonds is 8. The third-order valence-corrected chi connectivity index (χ3v) is 6.74. The molecule has 0 atom stereocenters. The van der Waals surface area contributed by atoms with Crippen LogP contribution >= 0.6 is 0 Å². The van der Waals surface area contributed by atoms with Gasteiger partial charge in [-0.2, -0.15) is 0 Å². The Morgan fingerprint density at radius 3 is 2.34 bits per heavy atom. The van der Waals surface area contributed by atoms with E-state index < -0.39 is 11.8 Å². The molecule has 0 radical (unpaired) electrons. The minimum absolute atomic E-state index is 0.139. The van der Waals surface area contributed by atoms with Gasteiger partial charge in [0.2, 0.25) is 0 Å². The van der Waals surface area contributed by atoms with Crippen LogP contribution in [-0.2, 0) is 9.53 Å². The summed E-state index contributed by atoms with van der Waals surface area (Å²) in [7, 11) is 1.48. The highest BCUT2D eigenvalue weighted by molar-refractivity contribution is 6.12. The van der Waals surface area contributed by atoms with Crippen LogP contribution in [-0.4, -0.2) is 60.3 Å². The summed E-state index contributed by atoms with van der Waals surface area (Å²) in [6.07, 6.45) is 8.09. The van der Waals surface area contributed by atoms with Crippen molar-refractivity contribution in [3.8, 4) is 18.1 Å². The van der Waals surface area contributed by atoms with Gasteiger partial charge in [-0.1, -0.05) is 18.1 Å². The van der Waals surface area contributed by atoms with Crippen LogP contribution in [0.15, 0.2) is 60.8 Å². The second kappa shape index (κ2) is 13.3. The summed E-state index contributed by atoms with van der Waals surface area (Å²) in [4.78, 5) is 44.2. The smallest absolute Gasteiger partial charge is 0.309 e. The first-order valence-electron chi connectivity index (χ1n) is 13.2. The summed E-state index contributed by atoms with van der Waals surface area (Å²) in [5.41, 5.74) is 2.07. The molecule has 1 aliphatic heterocycles. The van der Waals surface area contributed by atoms with Gasteiger partial charge in [0.15, 0.2) is 0 Å². The molecule has 2 aromatic carbocycles. The van der Waals surface area contributed by atoms with Crippen molar-refractivity contribution in [1.82, 2.24) is 9.88 Å². The molecule has 3 aromatic rings. The largest absolute Gasteiger partial charge is 0.497 e. The predicted octanol–water partition coefficient (Wildman–Crippen LogP) is 4.18. The molecule has 2 heterocycles. The number of esters is 1. The van der Waals surface area contributed by atoms with Crippen LogP contribution in [0.3, 0.4) is 0 Å². The molecule has 0 saturated carbocycles. The highest BCUT2D eigenvalue weighted by atomic mass is 16.5. The Balaban J connectivity index is 1.42. The van der Waals surface area contributed by atoms with Crippen LogP contribution in [0.2, 0.25) is 0 Å². The van der Waals surface area contributed by atoms with E-state index in [0.29, 0.717) is 66.6 Å². The highest BCUT2D eigenvalue weighted by Gasteiger charge is 2.27. The second-order valence-electron chi connectivity index (χ2n) is 9.34. The third-order valence-electron chi connectivity index (χ3n) is 6.74. The van der Waals surface area contributed by atoms with Crippen molar-refractivity contribution in [2.75, 3.05) is 37.4 Å². The normalized spacial score (nSPS) is 13.0. The molecule has 41 heavy (non-hydrogen) atoms. The van der Waals surface area contributed by atoms with E-state index in [1.807, 2.05) is 4.90 Å². The fourth-order valence-electron chi connectivity index (χ4n) is 4.44. The van der Waals surface area contributed by atoms with Crippen molar-refractivity contribution >= 4 is 35.1 Å². The summed E-state index contributed by atoms with van der Waals surface area (Å²) in [5.74, 6) is 2.31. The SMILES string of the molecule is C#Cc1ccc(NC(=O)c2cc(OC)ccc2NC(=O)c2ccc(C(=N)N3CCC(C(=O)OCC)CC3)cc2)nc1. The van der Waals surface area contributed by atoms with E-state index in [2.05, 4.69) is 21.5 Å². The lowest BCUT2D eigenvalue weighted by molar-refractivity contribution is -0.149. The van der Waals surface area contributed by atoms with Crippen molar-refractivity contribution in [3.05, 3.63) is 83.0 Å². The van der Waals surface area contributed by atoms with Gasteiger partial charge in [0.05, 0.1) is 30.9 Å². The minimum atomic E-state index is -0.490. The number of likely N-dealkylation sites (tertiary alicyclic amines) is 1. The van der Waals surface area contributed by atoms with Gasteiger partial charge in [0.25, 0.3) is 11.8 Å². The number of anilines is 2. The summed E-state index contributed by atoms with van der Waals surface area (Å²) >= 11 is 0. The predicted molar refractivity (Wildman–Crippen MR) is 155 cm³/mol. The average molecular weight is 554 g/mol. The Bertz CT molecular complexity index is 1470. The highest BCUT2D eigenvalue weighted by Crippen LogP contribution is 2.25. The first-order valence-corrected chi connectivity index (χ1v) is 13.2. The number of nitrogens with one attached hydrogen (secondary N) is 3. The van der Waals surface area contributed by atoms with Crippen molar-refractivity contribution < 1.29 is 23.9 Å². The molecule has 0 bridgehead atoms. The third kappa shape index (κ3) is 7.08. The zero-order chi connectivity index (χ0) is 29.4. The number of aromatic nitrogens is 1. The molecule has 1 aliphatic rings. The number of amidine groups is 1. The van der Waals surface area contributed by atoms with Crippen molar-refractivity contribution in [3.63, 3.8) is 0 Å². The van der Waals surface area contributed by atoms with Crippen molar-refractivity contribution in [1.29, 1.82) is 5.41 Å². The van der Waals surface area contributed by atoms with Crippen LogP contribution in [0.4, 0.5) is 11.5 Å². The van der Waals surface area contributed by atoms with Crippen LogP contribution in [0.1, 0.15) is 51.6 Å². The van der Waals surface area contributed by atoms with Gasteiger partial charge in [0, 0.05) is 36.0 Å². The lowest BCUT2D eigenvalue weighted by atomic mass is 9.96. The number of methoxy groups -OCH3 is 1. The number of carbonyl (C=O) groups excluding carboxylic acids is 3. The maximum Gasteiger partial charge on any atom is 0.309 e. The fourth-order valence-corrected chi connectivity index (χ4v) is 4.44. The molecule has 0 aliphatic carbocycles. The molecule has 1 fully saturated rings. The Labute approximate surface area is 238 Å². The average Bonchev–Trinajstić information content (AvgIpc) is 3.01. The van der Waals surface area contributed by atoms with Gasteiger partial charge in [0.1, 0.15) is 17.4 Å². The Kier molecular flexibility index (Phi) is 9.32. The number of carbonyl (C=O) groups is 3. The van der Waals surface area contributed by atoms with E-state index in [1.165, 1.54) is 19.4 Å². The van der Waals surface area contributed by atoms with Gasteiger partial charge in [-0.25, -0.2) is 4.98 Å². The van der Waals surface area contributed by atoms with Gasteiger partial charge in [-0.3, -0.25) is 19.8 Å². The summed E-state index contributed by atoms with van der Waals surface area (Å²) < 4.78 is 10.4. The molecule has 1 saturated heterocycles. The van der Waals surface area contributed by atoms with Gasteiger partial charge >= 0.3 is 5.97 Å². The number of benzene rings is 2. The van der Waals surface area contributed by atoms with Gasteiger partial charge < -0.3 is 25.0 Å². The zero-order valence-electron chi connectivity index (χ0n) is 22.9. The molecule has 0 spiro atoms. The Morgan fingerprint density at radius 2 is 1.73 bits per heavy atom. The van der Waals surface area contributed by atoms with Crippen molar-refractivity contribution in [2.24, 2.45) is 5.92 Å². The van der Waals surface area contributed by atoms with E-state index in [-0.39, 0.29) is 23.1 Å². The summed E-state index contributed by atoms with van der Waals surface area (Å²) in [6.45, 7) is 3.31. The molecule has 1 aromatic heterocycles. The summed E-state index contributed by atoms with van der Waals surface area (Å²) in [6, 6.07) is 14.7. The quantitative estimate of drug-likeness (QED) is 0.165. The van der Waals surface area contributed by atoms with Crippen LogP contribution in [0.5, 0.6) is 5.75 Å². The molecule has 210 valence electrons. The molecule has 3 N–H and O–H groups in total. The van der Waals surface area contributed by atoms with E-state index in [4.69, 9.17) is 21.3 Å². The molecule has 2 amide bonds. The Hall–Kier alpha value is -5.17. The maximum absolute atomic E-state index is 13.1. The zero-order valence-corrected chi connectivity index (χ0v) is 22.9. The number of pyridine rings is 1. The number of terminal acetylenes is 1. The number of piperidine rings is 1. The number of amides is 2. The van der Waals surface area contributed by atoms with Crippen LogP contribution in [0.25, 0.3) is 0 Å². The first-order chi connectivity index (χ1) is 19.8. The fraction of sp³-hybridized carbons (Fsp3) is 0.258. The number of ether oxygens (including phenoxy) is 2. The molecular weight excluding hydrogens is 522 g/mol. The monoisotopic (exact) mass is 553 g/mol. The van der Waals surface area contributed by atoms with E-state index in [0.717, 1.165) is 0 Å². The van der Waals surface area contributed by atoms with Gasteiger partial charge in [-0.05, 0) is 62.2 Å². The standard InChI is InChI=1S/C31H31N5O5/c1-4-20-6-13-27(33-19-20)35-30(38)25-18-24(40-3)11-12-26(25)34-29(37)22-9-7-21(8-10-22)28(32)36-16-14-23(15-17-36)31(39)41-5-2/h1,6-13,18-19,23,32H,5,14-17H2,2-3H3,(H,34,37)(H,33,35,38). The first kappa shape index (κ1) is 28.8.